The predicted molar refractivity (Wildman–Crippen MR) is 147 cm³/mol. The summed E-state index contributed by atoms with van der Waals surface area (Å²) in [5.41, 5.74) is -0.0210. The summed E-state index contributed by atoms with van der Waals surface area (Å²) >= 11 is 7.11. The molecule has 1 aliphatic carbocycles. The Morgan fingerprint density at radius 1 is 1.10 bits per heavy atom. The Morgan fingerprint density at radius 2 is 1.92 bits per heavy atom. The molecule has 39 heavy (non-hydrogen) atoms. The summed E-state index contributed by atoms with van der Waals surface area (Å²) in [4.78, 5) is 52.7. The van der Waals surface area contributed by atoms with Gasteiger partial charge in [-0.25, -0.2) is 4.39 Å². The second-order valence-electron chi connectivity index (χ2n) is 9.76. The third-order valence-electron chi connectivity index (χ3n) is 6.77. The van der Waals surface area contributed by atoms with Crippen LogP contribution in [-0.2, 0) is 9.59 Å². The molecule has 3 aromatic rings. The first-order chi connectivity index (χ1) is 18.8. The highest BCUT2D eigenvalue weighted by molar-refractivity contribution is 7.18. The zero-order valence-corrected chi connectivity index (χ0v) is 22.4. The number of hydrogen-bond acceptors (Lipinski definition) is 6. The smallest absolute Gasteiger partial charge is 0.261 e. The van der Waals surface area contributed by atoms with E-state index in [1.165, 1.54) is 35.0 Å². The molecular formula is C27H27ClFN5O4S. The van der Waals surface area contributed by atoms with Gasteiger partial charge < -0.3 is 16.0 Å². The van der Waals surface area contributed by atoms with E-state index in [0.717, 1.165) is 24.2 Å². The molecule has 0 spiro atoms. The molecule has 1 saturated carbocycles. The molecule has 2 aliphatic rings. The van der Waals surface area contributed by atoms with Gasteiger partial charge in [0.2, 0.25) is 11.8 Å². The Bertz CT molecular complexity index is 1460. The molecule has 2 aromatic heterocycles. The largest absolute Gasteiger partial charge is 0.354 e. The van der Waals surface area contributed by atoms with Crippen LogP contribution < -0.4 is 21.5 Å². The first-order valence-corrected chi connectivity index (χ1v) is 13.8. The Morgan fingerprint density at radius 3 is 2.62 bits per heavy atom. The van der Waals surface area contributed by atoms with Crippen LogP contribution in [0.1, 0.15) is 28.9 Å². The van der Waals surface area contributed by atoms with E-state index in [4.69, 9.17) is 11.6 Å². The van der Waals surface area contributed by atoms with Crippen LogP contribution in [0.4, 0.5) is 10.1 Å². The summed E-state index contributed by atoms with van der Waals surface area (Å²) in [6.45, 7) is 0.693. The number of halogens is 2. The van der Waals surface area contributed by atoms with Crippen LogP contribution in [0.25, 0.3) is 5.69 Å². The summed E-state index contributed by atoms with van der Waals surface area (Å²) in [6, 6.07) is 11.0. The first-order valence-electron chi connectivity index (χ1n) is 12.6. The standard InChI is InChI=1S/C27H27ClFN5O4S/c28-23-9-8-22(39-23)27(38)31-17-11-21(26(37)30-13-16-4-5-16)33(14-17)15-24(35)32-20-7-6-18(12-19(20)29)34-10-2-1-3-25(34)36/h1-3,6-10,12,16-17,21H,4-5,11,13-15H2,(H,30,37)(H,31,38)(H,32,35)/t17-,21+/m1/s1. The predicted octanol–water partition coefficient (Wildman–Crippen LogP) is 3.03. The molecule has 9 nitrogen and oxygen atoms in total. The van der Waals surface area contributed by atoms with Gasteiger partial charge in [0.05, 0.1) is 33.2 Å². The topological polar surface area (TPSA) is 113 Å². The third-order valence-corrected chi connectivity index (χ3v) is 8.00. The number of thiophene rings is 1. The fourth-order valence-electron chi connectivity index (χ4n) is 4.60. The highest BCUT2D eigenvalue weighted by Gasteiger charge is 2.39. The monoisotopic (exact) mass is 571 g/mol. The van der Waals surface area contributed by atoms with Gasteiger partial charge in [-0.05, 0) is 55.5 Å². The third kappa shape index (κ3) is 6.73. The van der Waals surface area contributed by atoms with E-state index in [1.807, 2.05) is 0 Å². The van der Waals surface area contributed by atoms with Crippen LogP contribution in [0.5, 0.6) is 0 Å². The van der Waals surface area contributed by atoms with Crippen molar-refractivity contribution in [2.24, 2.45) is 5.92 Å². The zero-order chi connectivity index (χ0) is 27.5. The van der Waals surface area contributed by atoms with Crippen LogP contribution >= 0.6 is 22.9 Å². The van der Waals surface area contributed by atoms with E-state index in [9.17, 15) is 23.6 Å². The average molecular weight is 572 g/mol. The number of amides is 3. The molecule has 3 heterocycles. The van der Waals surface area contributed by atoms with Gasteiger partial charge in [-0.1, -0.05) is 17.7 Å². The van der Waals surface area contributed by atoms with Crippen molar-refractivity contribution in [3.8, 4) is 5.69 Å². The molecule has 5 rings (SSSR count). The molecule has 12 heteroatoms. The molecule has 1 aromatic carbocycles. The van der Waals surface area contributed by atoms with Crippen molar-refractivity contribution in [1.82, 2.24) is 20.1 Å². The van der Waals surface area contributed by atoms with Crippen molar-refractivity contribution in [2.45, 2.75) is 31.3 Å². The lowest BCUT2D eigenvalue weighted by Gasteiger charge is -2.23. The number of pyridine rings is 1. The lowest BCUT2D eigenvalue weighted by atomic mass is 10.1. The number of hydrogen-bond donors (Lipinski definition) is 3. The van der Waals surface area contributed by atoms with E-state index in [2.05, 4.69) is 16.0 Å². The van der Waals surface area contributed by atoms with Crippen LogP contribution in [0, 0.1) is 11.7 Å². The minimum Gasteiger partial charge on any atom is -0.354 e. The summed E-state index contributed by atoms with van der Waals surface area (Å²) in [7, 11) is 0. The normalized spacial score (nSPS) is 19.0. The maximum absolute atomic E-state index is 14.8. The minimum absolute atomic E-state index is 0.0407. The van der Waals surface area contributed by atoms with Crippen molar-refractivity contribution in [1.29, 1.82) is 0 Å². The van der Waals surface area contributed by atoms with Crippen LogP contribution in [0.15, 0.2) is 59.5 Å². The Kier molecular flexibility index (Phi) is 8.10. The quantitative estimate of drug-likeness (QED) is 0.365. The molecule has 3 N–H and O–H groups in total. The molecular weight excluding hydrogens is 545 g/mol. The molecule has 2 atom stereocenters. The Balaban J connectivity index is 1.25. The molecule has 0 bridgehead atoms. The lowest BCUT2D eigenvalue weighted by molar-refractivity contribution is -0.126. The summed E-state index contributed by atoms with van der Waals surface area (Å²) < 4.78 is 16.6. The van der Waals surface area contributed by atoms with Crippen molar-refractivity contribution in [3.63, 3.8) is 0 Å². The van der Waals surface area contributed by atoms with Gasteiger partial charge in [-0.2, -0.15) is 0 Å². The second-order valence-corrected chi connectivity index (χ2v) is 11.5. The van der Waals surface area contributed by atoms with Crippen LogP contribution in [0.3, 0.4) is 0 Å². The first kappa shape index (κ1) is 27.0. The molecule has 0 radical (unpaired) electrons. The van der Waals surface area contributed by atoms with Crippen LogP contribution in [-0.4, -0.2) is 58.9 Å². The van der Waals surface area contributed by atoms with Gasteiger partial charge in [-0.3, -0.25) is 28.6 Å². The lowest BCUT2D eigenvalue weighted by Crippen LogP contribution is -2.46. The van der Waals surface area contributed by atoms with E-state index in [-0.39, 0.29) is 42.2 Å². The maximum Gasteiger partial charge on any atom is 0.261 e. The Hall–Kier alpha value is -3.54. The Labute approximate surface area is 233 Å². The van der Waals surface area contributed by atoms with E-state index < -0.39 is 17.8 Å². The zero-order valence-electron chi connectivity index (χ0n) is 20.9. The second kappa shape index (κ2) is 11.7. The number of aromatic nitrogens is 1. The van der Waals surface area contributed by atoms with Gasteiger partial charge in [-0.15, -0.1) is 11.3 Å². The van der Waals surface area contributed by atoms with E-state index in [0.29, 0.717) is 33.8 Å². The maximum atomic E-state index is 14.8. The fraction of sp³-hybridized carbons (Fsp3) is 0.333. The molecule has 1 aliphatic heterocycles. The van der Waals surface area contributed by atoms with Crippen molar-refractivity contribution in [2.75, 3.05) is 25.0 Å². The highest BCUT2D eigenvalue weighted by atomic mass is 35.5. The fourth-order valence-corrected chi connectivity index (χ4v) is 5.55. The van der Waals surface area contributed by atoms with Crippen molar-refractivity contribution in [3.05, 3.63) is 80.1 Å². The highest BCUT2D eigenvalue weighted by Crippen LogP contribution is 2.28. The van der Waals surface area contributed by atoms with E-state index in [1.54, 1.807) is 29.2 Å². The van der Waals surface area contributed by atoms with E-state index >= 15 is 0 Å². The van der Waals surface area contributed by atoms with Gasteiger partial charge >= 0.3 is 0 Å². The molecule has 2 fully saturated rings. The molecule has 3 amide bonds. The average Bonchev–Trinajstić information content (AvgIpc) is 3.51. The summed E-state index contributed by atoms with van der Waals surface area (Å²) in [5, 5.41) is 8.45. The number of anilines is 1. The summed E-state index contributed by atoms with van der Waals surface area (Å²) in [6.07, 6.45) is 4.04. The number of carbonyl (C=O) groups is 3. The number of nitrogens with one attached hydrogen (secondary N) is 3. The molecule has 204 valence electrons. The number of rotatable bonds is 9. The number of benzene rings is 1. The summed E-state index contributed by atoms with van der Waals surface area (Å²) in [5.74, 6) is -1.20. The van der Waals surface area contributed by atoms with Gasteiger partial charge in [0.15, 0.2) is 0 Å². The number of nitrogens with zero attached hydrogens (tertiary/aromatic N) is 2. The van der Waals surface area contributed by atoms with Gasteiger partial charge in [0.1, 0.15) is 5.82 Å². The van der Waals surface area contributed by atoms with Crippen LogP contribution in [0.2, 0.25) is 4.34 Å². The minimum atomic E-state index is -0.698. The number of carbonyl (C=O) groups excluding carboxylic acids is 3. The van der Waals surface area contributed by atoms with Crippen molar-refractivity contribution < 1.29 is 18.8 Å². The number of likely N-dealkylation sites (tertiary alicyclic amines) is 1. The SMILES string of the molecule is O=C(CN1C[C@H](NC(=O)c2ccc(Cl)s2)C[C@H]1C(=O)NCC1CC1)Nc1ccc(-n2ccccc2=O)cc1F. The van der Waals surface area contributed by atoms with Gasteiger partial charge in [0, 0.05) is 37.5 Å². The van der Waals surface area contributed by atoms with Gasteiger partial charge in [0.25, 0.3) is 11.5 Å². The molecule has 1 saturated heterocycles. The molecule has 0 unspecified atom stereocenters. The van der Waals surface area contributed by atoms with Crippen molar-refractivity contribution >= 4 is 46.3 Å².